The van der Waals surface area contributed by atoms with Crippen molar-refractivity contribution in [1.82, 2.24) is 5.32 Å². The van der Waals surface area contributed by atoms with E-state index in [0.717, 1.165) is 36.8 Å². The predicted molar refractivity (Wildman–Crippen MR) is 103 cm³/mol. The molecule has 0 saturated carbocycles. The number of ether oxygens (including phenoxy) is 2. The summed E-state index contributed by atoms with van der Waals surface area (Å²) >= 11 is 0. The highest BCUT2D eigenvalue weighted by atomic mass is 16.6. The number of hydrogen-bond acceptors (Lipinski definition) is 4. The molecule has 0 bridgehead atoms. The molecule has 0 aromatic heterocycles. The second-order valence-electron chi connectivity index (χ2n) is 7.20. The monoisotopic (exact) mass is 381 g/mol. The van der Waals surface area contributed by atoms with Crippen LogP contribution in [0.15, 0.2) is 36.4 Å². The van der Waals surface area contributed by atoms with Gasteiger partial charge in [-0.15, -0.1) is 0 Å². The van der Waals surface area contributed by atoms with E-state index in [1.54, 1.807) is 24.3 Å². The third kappa shape index (κ3) is 3.81. The van der Waals surface area contributed by atoms with Crippen LogP contribution < -0.4 is 14.8 Å². The fourth-order valence-corrected chi connectivity index (χ4v) is 3.88. The van der Waals surface area contributed by atoms with Gasteiger partial charge in [0.25, 0.3) is 5.91 Å². The van der Waals surface area contributed by atoms with Gasteiger partial charge in [0.2, 0.25) is 0 Å². The number of fused-ring (bicyclic) bond motifs is 2. The van der Waals surface area contributed by atoms with Crippen molar-refractivity contribution in [1.29, 1.82) is 0 Å². The van der Waals surface area contributed by atoms with E-state index in [-0.39, 0.29) is 12.3 Å². The van der Waals surface area contributed by atoms with Gasteiger partial charge in [-0.1, -0.05) is 18.2 Å². The van der Waals surface area contributed by atoms with E-state index in [1.807, 2.05) is 6.07 Å². The van der Waals surface area contributed by atoms with Crippen LogP contribution in [0.1, 0.15) is 39.9 Å². The molecular formula is C22H23NO5. The maximum atomic E-state index is 12.8. The molecule has 1 atom stereocenters. The number of hydrogen-bond donors (Lipinski definition) is 2. The molecular weight excluding hydrogens is 358 g/mol. The molecule has 4 rings (SSSR count). The SMILES string of the molecule is O=C(N[C@@H](Cc1ccc2c(c1)OCCO2)C(=O)O)c1cccc2c1CCCC2. The number of nitrogens with one attached hydrogen (secondary N) is 1. The van der Waals surface area contributed by atoms with E-state index in [9.17, 15) is 14.7 Å². The first-order valence-electron chi connectivity index (χ1n) is 9.65. The Kier molecular flexibility index (Phi) is 5.19. The van der Waals surface area contributed by atoms with Gasteiger partial charge in [0.05, 0.1) is 0 Å². The van der Waals surface area contributed by atoms with Gasteiger partial charge in [0.1, 0.15) is 19.3 Å². The molecule has 2 aromatic rings. The average molecular weight is 381 g/mol. The zero-order valence-corrected chi connectivity index (χ0v) is 15.6. The molecule has 1 heterocycles. The fraction of sp³-hybridized carbons (Fsp3) is 0.364. The van der Waals surface area contributed by atoms with Gasteiger partial charge in [-0.3, -0.25) is 4.79 Å². The highest BCUT2D eigenvalue weighted by molar-refractivity contribution is 5.98. The number of carbonyl (C=O) groups is 2. The summed E-state index contributed by atoms with van der Waals surface area (Å²) in [4.78, 5) is 24.6. The van der Waals surface area contributed by atoms with Gasteiger partial charge >= 0.3 is 5.97 Å². The molecule has 0 spiro atoms. The van der Waals surface area contributed by atoms with Gasteiger partial charge < -0.3 is 19.9 Å². The molecule has 28 heavy (non-hydrogen) atoms. The molecule has 1 aliphatic carbocycles. The second kappa shape index (κ2) is 7.92. The van der Waals surface area contributed by atoms with Crippen LogP contribution >= 0.6 is 0 Å². The molecule has 6 heteroatoms. The number of aryl methyl sites for hydroxylation is 1. The van der Waals surface area contributed by atoms with Crippen molar-refractivity contribution in [2.75, 3.05) is 13.2 Å². The van der Waals surface area contributed by atoms with Crippen molar-refractivity contribution in [3.8, 4) is 11.5 Å². The normalized spacial score (nSPS) is 16.0. The van der Waals surface area contributed by atoms with Gasteiger partial charge in [0.15, 0.2) is 11.5 Å². The smallest absolute Gasteiger partial charge is 0.326 e. The number of carbonyl (C=O) groups excluding carboxylic acids is 1. The summed E-state index contributed by atoms with van der Waals surface area (Å²) in [6.45, 7) is 0.968. The lowest BCUT2D eigenvalue weighted by atomic mass is 9.88. The Morgan fingerprint density at radius 3 is 2.64 bits per heavy atom. The van der Waals surface area contributed by atoms with Crippen LogP contribution in [-0.4, -0.2) is 36.2 Å². The summed E-state index contributed by atoms with van der Waals surface area (Å²) in [5, 5.41) is 12.3. The molecule has 1 amide bonds. The molecule has 2 N–H and O–H groups in total. The zero-order valence-electron chi connectivity index (χ0n) is 15.6. The van der Waals surface area contributed by atoms with Crippen molar-refractivity contribution < 1.29 is 24.2 Å². The Hall–Kier alpha value is -3.02. The fourth-order valence-electron chi connectivity index (χ4n) is 3.88. The van der Waals surface area contributed by atoms with Crippen molar-refractivity contribution in [2.45, 2.75) is 38.1 Å². The number of amides is 1. The Bertz CT molecular complexity index is 908. The molecule has 2 aliphatic rings. The molecule has 0 unspecified atom stereocenters. The maximum Gasteiger partial charge on any atom is 0.326 e. The first-order chi connectivity index (χ1) is 13.6. The van der Waals surface area contributed by atoms with E-state index in [2.05, 4.69) is 11.4 Å². The Morgan fingerprint density at radius 1 is 1.04 bits per heavy atom. The summed E-state index contributed by atoms with van der Waals surface area (Å²) in [6.07, 6.45) is 4.18. The average Bonchev–Trinajstić information content (AvgIpc) is 2.72. The molecule has 2 aromatic carbocycles. The minimum Gasteiger partial charge on any atom is -0.486 e. The Morgan fingerprint density at radius 2 is 1.82 bits per heavy atom. The van der Waals surface area contributed by atoms with Crippen molar-refractivity contribution in [2.24, 2.45) is 0 Å². The van der Waals surface area contributed by atoms with Crippen LogP contribution in [0.4, 0.5) is 0 Å². The second-order valence-corrected chi connectivity index (χ2v) is 7.20. The number of carboxylic acid groups (broad SMARTS) is 1. The topological polar surface area (TPSA) is 84.9 Å². The maximum absolute atomic E-state index is 12.8. The van der Waals surface area contributed by atoms with Gasteiger partial charge in [-0.05, 0) is 60.6 Å². The van der Waals surface area contributed by atoms with E-state index in [0.29, 0.717) is 30.3 Å². The van der Waals surface area contributed by atoms with Crippen molar-refractivity contribution >= 4 is 11.9 Å². The Balaban J connectivity index is 1.51. The largest absolute Gasteiger partial charge is 0.486 e. The van der Waals surface area contributed by atoms with Crippen molar-refractivity contribution in [3.63, 3.8) is 0 Å². The van der Waals surface area contributed by atoms with Crippen LogP contribution in [0.3, 0.4) is 0 Å². The van der Waals surface area contributed by atoms with E-state index in [1.165, 1.54) is 5.56 Å². The third-order valence-electron chi connectivity index (χ3n) is 5.29. The van der Waals surface area contributed by atoms with Crippen LogP contribution in [0.5, 0.6) is 11.5 Å². The highest BCUT2D eigenvalue weighted by Crippen LogP contribution is 2.31. The van der Waals surface area contributed by atoms with Crippen LogP contribution in [0.2, 0.25) is 0 Å². The van der Waals surface area contributed by atoms with E-state index < -0.39 is 12.0 Å². The summed E-state index contributed by atoms with van der Waals surface area (Å²) in [6, 6.07) is 10.0. The summed E-state index contributed by atoms with van der Waals surface area (Å²) in [5.74, 6) is -0.130. The van der Waals surface area contributed by atoms with Gasteiger partial charge in [-0.2, -0.15) is 0 Å². The van der Waals surface area contributed by atoms with Crippen LogP contribution in [0.25, 0.3) is 0 Å². The number of benzene rings is 2. The molecule has 6 nitrogen and oxygen atoms in total. The summed E-state index contributed by atoms with van der Waals surface area (Å²) < 4.78 is 11.1. The highest BCUT2D eigenvalue weighted by Gasteiger charge is 2.24. The molecule has 0 fully saturated rings. The minimum atomic E-state index is -1.06. The summed E-state index contributed by atoms with van der Waals surface area (Å²) in [5.41, 5.74) is 3.60. The van der Waals surface area contributed by atoms with E-state index in [4.69, 9.17) is 9.47 Å². The number of carboxylic acids is 1. The van der Waals surface area contributed by atoms with Gasteiger partial charge in [0, 0.05) is 12.0 Å². The predicted octanol–water partition coefficient (Wildman–Crippen LogP) is 2.76. The standard InChI is InChI=1S/C22H23NO5/c24-21(17-7-3-5-15-4-1-2-6-16(15)17)23-18(22(25)26)12-14-8-9-19-20(13-14)28-11-10-27-19/h3,5,7-9,13,18H,1-2,4,6,10-12H2,(H,23,24)(H,25,26)/t18-/m0/s1. The lowest BCUT2D eigenvalue weighted by molar-refractivity contribution is -0.139. The number of aliphatic carboxylic acids is 1. The molecule has 146 valence electrons. The first kappa shape index (κ1) is 18.3. The molecule has 1 aliphatic heterocycles. The molecule has 0 radical (unpaired) electrons. The lowest BCUT2D eigenvalue weighted by Crippen LogP contribution is -2.42. The zero-order chi connectivity index (χ0) is 19.5. The minimum absolute atomic E-state index is 0.173. The Labute approximate surface area is 163 Å². The lowest BCUT2D eigenvalue weighted by Gasteiger charge is -2.21. The number of rotatable bonds is 5. The third-order valence-corrected chi connectivity index (χ3v) is 5.29. The van der Waals surface area contributed by atoms with Crippen LogP contribution in [-0.2, 0) is 24.1 Å². The quantitative estimate of drug-likeness (QED) is 0.832. The molecule has 0 saturated heterocycles. The summed E-state index contributed by atoms with van der Waals surface area (Å²) in [7, 11) is 0. The van der Waals surface area contributed by atoms with E-state index >= 15 is 0 Å². The van der Waals surface area contributed by atoms with Crippen molar-refractivity contribution in [3.05, 3.63) is 58.7 Å². The first-order valence-corrected chi connectivity index (χ1v) is 9.65. The van der Waals surface area contributed by atoms with Crippen LogP contribution in [0, 0.1) is 0 Å². The van der Waals surface area contributed by atoms with Gasteiger partial charge in [-0.25, -0.2) is 4.79 Å².